The van der Waals surface area contributed by atoms with Crippen molar-refractivity contribution in [1.29, 1.82) is 0 Å². The van der Waals surface area contributed by atoms with Gasteiger partial charge in [0.2, 0.25) is 5.91 Å². The molecule has 2 aliphatic rings. The number of nitrogen functional groups attached to an aromatic ring is 1. The largest absolute Gasteiger partial charge is 0.396 e. The number of aliphatic hydroxyl groups is 1. The van der Waals surface area contributed by atoms with E-state index in [9.17, 15) is 14.7 Å². The Labute approximate surface area is 222 Å². The summed E-state index contributed by atoms with van der Waals surface area (Å²) in [6.07, 6.45) is 6.65. The second kappa shape index (κ2) is 10.4. The summed E-state index contributed by atoms with van der Waals surface area (Å²) in [7, 11) is 1.96. The lowest BCUT2D eigenvalue weighted by Gasteiger charge is -2.26. The zero-order valence-corrected chi connectivity index (χ0v) is 21.9. The van der Waals surface area contributed by atoms with Gasteiger partial charge in [-0.05, 0) is 55.9 Å². The van der Waals surface area contributed by atoms with Crippen LogP contribution in [0.5, 0.6) is 0 Å². The summed E-state index contributed by atoms with van der Waals surface area (Å²) >= 11 is 0. The molecule has 198 valence electrons. The molecule has 1 aliphatic carbocycles. The van der Waals surface area contributed by atoms with E-state index in [1.165, 1.54) is 6.33 Å². The molecular formula is C29H34N6O3. The number of carbonyl (C=O) groups excluding carboxylic acids is 2. The summed E-state index contributed by atoms with van der Waals surface area (Å²) in [4.78, 5) is 35.9. The van der Waals surface area contributed by atoms with E-state index >= 15 is 0 Å². The normalized spacial score (nSPS) is 19.4. The second-order valence-corrected chi connectivity index (χ2v) is 10.4. The van der Waals surface area contributed by atoms with Crippen molar-refractivity contribution < 1.29 is 14.7 Å². The molecule has 4 N–H and O–H groups in total. The first-order valence-electron chi connectivity index (χ1n) is 13.0. The number of fused-ring (bicyclic) bond motifs is 1. The molecule has 3 aromatic rings. The number of carbonyl (C=O) groups is 2. The maximum absolute atomic E-state index is 13.1. The van der Waals surface area contributed by atoms with Gasteiger partial charge in [-0.25, -0.2) is 9.97 Å². The van der Waals surface area contributed by atoms with Crippen molar-refractivity contribution in [2.75, 3.05) is 30.7 Å². The average Bonchev–Trinajstić information content (AvgIpc) is 3.52. The third-order valence-corrected chi connectivity index (χ3v) is 7.74. The highest BCUT2D eigenvalue weighted by molar-refractivity contribution is 6.05. The number of rotatable bonds is 6. The van der Waals surface area contributed by atoms with Crippen LogP contribution in [0.4, 0.5) is 11.5 Å². The Morgan fingerprint density at radius 3 is 2.61 bits per heavy atom. The van der Waals surface area contributed by atoms with Gasteiger partial charge < -0.3 is 25.6 Å². The third kappa shape index (κ3) is 4.69. The number of benzene rings is 1. The van der Waals surface area contributed by atoms with Gasteiger partial charge in [0.05, 0.1) is 11.1 Å². The first kappa shape index (κ1) is 25.7. The van der Waals surface area contributed by atoms with Crippen LogP contribution in [-0.2, 0) is 16.6 Å². The summed E-state index contributed by atoms with van der Waals surface area (Å²) in [5.41, 5.74) is 12.3. The molecule has 0 unspecified atom stereocenters. The number of likely N-dealkylation sites (tertiary alicyclic amines) is 1. The molecule has 2 amide bonds. The quantitative estimate of drug-likeness (QED) is 0.430. The van der Waals surface area contributed by atoms with Gasteiger partial charge >= 0.3 is 0 Å². The van der Waals surface area contributed by atoms with Crippen molar-refractivity contribution in [2.24, 2.45) is 18.9 Å². The van der Waals surface area contributed by atoms with Crippen molar-refractivity contribution >= 4 is 39.9 Å². The highest BCUT2D eigenvalue weighted by Crippen LogP contribution is 2.43. The number of nitrogens with one attached hydrogen (secondary N) is 1. The molecule has 0 radical (unpaired) electrons. The number of hydrogen-bond donors (Lipinski definition) is 3. The third-order valence-electron chi connectivity index (χ3n) is 7.74. The Morgan fingerprint density at radius 1 is 1.21 bits per heavy atom. The monoisotopic (exact) mass is 514 g/mol. The average molecular weight is 515 g/mol. The molecule has 1 aliphatic heterocycles. The fraction of sp³-hybridized carbons (Fsp3) is 0.379. The molecule has 0 bridgehead atoms. The Hall–Kier alpha value is -3.98. The molecule has 9 nitrogen and oxygen atoms in total. The van der Waals surface area contributed by atoms with Crippen LogP contribution >= 0.6 is 0 Å². The first-order chi connectivity index (χ1) is 18.3. The minimum Gasteiger partial charge on any atom is -0.396 e. The number of aryl methyl sites for hydroxylation is 1. The van der Waals surface area contributed by atoms with Crippen molar-refractivity contribution in [1.82, 2.24) is 19.4 Å². The molecule has 38 heavy (non-hydrogen) atoms. The van der Waals surface area contributed by atoms with Crippen LogP contribution < -0.4 is 11.1 Å². The van der Waals surface area contributed by atoms with E-state index in [0.717, 1.165) is 59.2 Å². The summed E-state index contributed by atoms with van der Waals surface area (Å²) < 4.78 is 2.03. The number of hydrogen-bond acceptors (Lipinski definition) is 6. The van der Waals surface area contributed by atoms with Gasteiger partial charge in [-0.1, -0.05) is 24.8 Å². The molecular weight excluding hydrogens is 480 g/mol. The number of nitrogens with two attached hydrogens (primary N) is 1. The smallest absolute Gasteiger partial charge is 0.250 e. The van der Waals surface area contributed by atoms with Crippen molar-refractivity contribution in [3.63, 3.8) is 0 Å². The van der Waals surface area contributed by atoms with Crippen molar-refractivity contribution in [3.05, 3.63) is 54.4 Å². The summed E-state index contributed by atoms with van der Waals surface area (Å²) in [5, 5.41) is 13.1. The second-order valence-electron chi connectivity index (χ2n) is 10.4. The summed E-state index contributed by atoms with van der Waals surface area (Å²) in [6.45, 7) is 6.86. The van der Waals surface area contributed by atoms with E-state index in [4.69, 9.17) is 5.73 Å². The molecule has 9 heteroatoms. The van der Waals surface area contributed by atoms with Gasteiger partial charge in [-0.3, -0.25) is 9.59 Å². The minimum absolute atomic E-state index is 0.0561. The zero-order chi connectivity index (χ0) is 27.0. The van der Waals surface area contributed by atoms with Crippen molar-refractivity contribution in [3.8, 4) is 11.3 Å². The van der Waals surface area contributed by atoms with E-state index < -0.39 is 0 Å². The van der Waals surface area contributed by atoms with Crippen LogP contribution in [0.2, 0.25) is 0 Å². The Bertz CT molecular complexity index is 1440. The van der Waals surface area contributed by atoms with Gasteiger partial charge in [-0.2, -0.15) is 0 Å². The number of aromatic nitrogens is 3. The van der Waals surface area contributed by atoms with Crippen LogP contribution in [0.15, 0.2) is 48.8 Å². The number of allylic oxidation sites excluding steroid dienone is 2. The zero-order valence-electron chi connectivity index (χ0n) is 21.9. The molecule has 2 atom stereocenters. The number of anilines is 2. The first-order valence-corrected chi connectivity index (χ1v) is 13.0. The van der Waals surface area contributed by atoms with Crippen LogP contribution in [0.25, 0.3) is 27.9 Å². The predicted molar refractivity (Wildman–Crippen MR) is 149 cm³/mol. The molecule has 3 heterocycles. The maximum atomic E-state index is 13.1. The topological polar surface area (TPSA) is 126 Å². The summed E-state index contributed by atoms with van der Waals surface area (Å²) in [6, 6.07) is 7.67. The van der Waals surface area contributed by atoms with Crippen molar-refractivity contribution in [2.45, 2.75) is 32.6 Å². The van der Waals surface area contributed by atoms with Crippen LogP contribution in [0.3, 0.4) is 0 Å². The molecule has 5 rings (SSSR count). The van der Waals surface area contributed by atoms with E-state index in [1.807, 2.05) is 40.8 Å². The molecule has 2 aromatic heterocycles. The van der Waals surface area contributed by atoms with Gasteiger partial charge in [0.15, 0.2) is 0 Å². The Morgan fingerprint density at radius 2 is 1.97 bits per heavy atom. The molecule has 0 spiro atoms. The lowest BCUT2D eigenvalue weighted by molar-refractivity contribution is -0.134. The molecule has 1 fully saturated rings. The van der Waals surface area contributed by atoms with E-state index in [0.29, 0.717) is 30.0 Å². The fourth-order valence-corrected chi connectivity index (χ4v) is 5.60. The molecule has 0 saturated carbocycles. The maximum Gasteiger partial charge on any atom is 0.250 e. The van der Waals surface area contributed by atoms with Crippen LogP contribution in [-0.4, -0.2) is 56.1 Å². The van der Waals surface area contributed by atoms with Gasteiger partial charge in [0.25, 0.3) is 5.91 Å². The van der Waals surface area contributed by atoms with Gasteiger partial charge in [0, 0.05) is 55.4 Å². The minimum atomic E-state index is -0.219. The van der Waals surface area contributed by atoms with Crippen LogP contribution in [0, 0.1) is 11.8 Å². The summed E-state index contributed by atoms with van der Waals surface area (Å²) in [5.74, 6) is 0.520. The van der Waals surface area contributed by atoms with Gasteiger partial charge in [-0.15, -0.1) is 0 Å². The molecule has 1 aromatic carbocycles. The Balaban J connectivity index is 1.48. The van der Waals surface area contributed by atoms with Crippen LogP contribution in [0.1, 0.15) is 38.2 Å². The van der Waals surface area contributed by atoms with E-state index in [-0.39, 0.29) is 30.3 Å². The highest BCUT2D eigenvalue weighted by Gasteiger charge is 2.32. The number of nitrogens with zero attached hydrogens (tertiary/aromatic N) is 4. The lowest BCUT2D eigenvalue weighted by Crippen LogP contribution is -2.35. The standard InChI is InChI=1S/C29H34N6O3/c1-17(2)28(37)33-22-10-8-20(9-11-22)25-23(24-26(30)31-16-32-27(24)34(25)3)19-4-6-21(7-5-19)29(38)35-13-12-18(14-35)15-36/h4,8-11,16,18,21,36H,1,5-7,12-15H2,2-3H3,(H,33,37)(H2,30,31,32)/t18-,21+/m1/s1. The SMILES string of the molecule is C=C(C)C(=O)Nc1ccc(-c2c(C3=CC[C@H](C(=O)N4CC[C@@H](CO)C4)CC3)c3c(N)ncnc3n2C)cc1. The predicted octanol–water partition coefficient (Wildman–Crippen LogP) is 3.76. The fourth-order valence-electron chi connectivity index (χ4n) is 5.60. The van der Waals surface area contributed by atoms with Gasteiger partial charge in [0.1, 0.15) is 17.8 Å². The van der Waals surface area contributed by atoms with E-state index in [2.05, 4.69) is 27.9 Å². The highest BCUT2D eigenvalue weighted by atomic mass is 16.3. The number of amides is 2. The number of aliphatic hydroxyl groups excluding tert-OH is 1. The Kier molecular flexibility index (Phi) is 7.03. The molecule has 1 saturated heterocycles. The lowest BCUT2D eigenvalue weighted by atomic mass is 9.84. The van der Waals surface area contributed by atoms with E-state index in [1.54, 1.807) is 6.92 Å².